The van der Waals surface area contributed by atoms with E-state index in [0.717, 1.165) is 12.0 Å². The van der Waals surface area contributed by atoms with Gasteiger partial charge >= 0.3 is 6.03 Å². The topological polar surface area (TPSA) is 79.2 Å². The Morgan fingerprint density at radius 1 is 1.39 bits per heavy atom. The van der Waals surface area contributed by atoms with Gasteiger partial charge in [-0.1, -0.05) is 24.3 Å². The molecular weight excluding hydrogens is 292 g/mol. The zero-order valence-corrected chi connectivity index (χ0v) is 13.4. The lowest BCUT2D eigenvalue weighted by atomic mass is 9.93. The lowest BCUT2D eigenvalue weighted by Gasteiger charge is -2.29. The predicted octanol–water partition coefficient (Wildman–Crippen LogP) is 2.42. The molecule has 0 fully saturated rings. The molecule has 1 atom stereocenters. The molecule has 2 amide bonds. The first-order chi connectivity index (χ1) is 11.1. The second-order valence-electron chi connectivity index (χ2n) is 6.23. The van der Waals surface area contributed by atoms with Gasteiger partial charge in [0.2, 0.25) is 0 Å². The van der Waals surface area contributed by atoms with Crippen molar-refractivity contribution in [2.45, 2.75) is 38.3 Å². The summed E-state index contributed by atoms with van der Waals surface area (Å²) < 4.78 is 1.74. The maximum Gasteiger partial charge on any atom is 0.321 e. The van der Waals surface area contributed by atoms with E-state index in [-0.39, 0.29) is 18.7 Å². The monoisotopic (exact) mass is 314 g/mol. The average molecular weight is 314 g/mol. The van der Waals surface area contributed by atoms with Gasteiger partial charge < -0.3 is 10.4 Å². The molecule has 1 aromatic carbocycles. The first-order valence-corrected chi connectivity index (χ1v) is 7.88. The molecule has 23 heavy (non-hydrogen) atoms. The van der Waals surface area contributed by atoms with E-state index in [1.807, 2.05) is 38.1 Å². The van der Waals surface area contributed by atoms with Crippen molar-refractivity contribution in [3.05, 3.63) is 47.7 Å². The van der Waals surface area contributed by atoms with Gasteiger partial charge in [0, 0.05) is 12.1 Å². The normalized spacial score (nSPS) is 19.7. The molecule has 6 heteroatoms. The third-order valence-corrected chi connectivity index (χ3v) is 4.38. The van der Waals surface area contributed by atoms with Crippen LogP contribution in [-0.4, -0.2) is 27.5 Å². The first kappa shape index (κ1) is 15.6. The smallest absolute Gasteiger partial charge is 0.321 e. The van der Waals surface area contributed by atoms with E-state index in [2.05, 4.69) is 15.7 Å². The molecule has 1 unspecified atom stereocenters. The van der Waals surface area contributed by atoms with Crippen molar-refractivity contribution in [2.24, 2.45) is 0 Å². The fourth-order valence-corrected chi connectivity index (χ4v) is 3.21. The van der Waals surface area contributed by atoms with Crippen molar-refractivity contribution in [3.8, 4) is 0 Å². The maximum atomic E-state index is 12.4. The van der Waals surface area contributed by atoms with Crippen LogP contribution < -0.4 is 10.6 Å². The number of nitrogens with zero attached hydrogens (tertiary/aromatic N) is 2. The van der Waals surface area contributed by atoms with Crippen molar-refractivity contribution in [1.29, 1.82) is 0 Å². The van der Waals surface area contributed by atoms with Gasteiger partial charge in [0.05, 0.1) is 18.3 Å². The minimum atomic E-state index is -0.719. The molecule has 0 aliphatic heterocycles. The Morgan fingerprint density at radius 3 is 2.91 bits per heavy atom. The molecule has 1 aliphatic rings. The van der Waals surface area contributed by atoms with Gasteiger partial charge in [-0.3, -0.25) is 5.32 Å². The Kier molecular flexibility index (Phi) is 4.09. The number of aryl methyl sites for hydroxylation is 1. The highest BCUT2D eigenvalue weighted by molar-refractivity contribution is 5.89. The fourth-order valence-electron chi connectivity index (χ4n) is 3.21. The van der Waals surface area contributed by atoms with Gasteiger partial charge in [-0.25, -0.2) is 9.48 Å². The largest absolute Gasteiger partial charge is 0.394 e. The number of hydrogen-bond acceptors (Lipinski definition) is 3. The summed E-state index contributed by atoms with van der Waals surface area (Å²) in [5.74, 6) is 0.636. The number of aliphatic hydroxyl groups excluding tert-OH is 1. The number of urea groups is 1. The Bertz CT molecular complexity index is 710. The molecule has 3 rings (SSSR count). The number of hydrogen-bond donors (Lipinski definition) is 3. The minimum absolute atomic E-state index is 0.124. The van der Waals surface area contributed by atoms with E-state index < -0.39 is 5.54 Å². The molecule has 1 aliphatic carbocycles. The molecule has 0 saturated heterocycles. The number of benzene rings is 1. The van der Waals surface area contributed by atoms with Gasteiger partial charge in [0.15, 0.2) is 0 Å². The summed E-state index contributed by atoms with van der Waals surface area (Å²) in [5, 5.41) is 19.9. The van der Waals surface area contributed by atoms with Crippen LogP contribution in [0.15, 0.2) is 36.5 Å². The SMILES string of the molecule is CC(C)n1nccc1NC(=O)NC1(CO)CCc2ccccc21. The van der Waals surface area contributed by atoms with Crippen molar-refractivity contribution in [1.82, 2.24) is 15.1 Å². The van der Waals surface area contributed by atoms with Crippen LogP contribution in [0.25, 0.3) is 0 Å². The van der Waals surface area contributed by atoms with Crippen LogP contribution in [0.5, 0.6) is 0 Å². The summed E-state index contributed by atoms with van der Waals surface area (Å²) in [7, 11) is 0. The van der Waals surface area contributed by atoms with Crippen LogP contribution in [0.1, 0.15) is 37.4 Å². The van der Waals surface area contributed by atoms with Crippen molar-refractivity contribution in [2.75, 3.05) is 11.9 Å². The van der Waals surface area contributed by atoms with Crippen LogP contribution >= 0.6 is 0 Å². The quantitative estimate of drug-likeness (QED) is 0.811. The molecule has 1 heterocycles. The highest BCUT2D eigenvalue weighted by Gasteiger charge is 2.39. The Hall–Kier alpha value is -2.34. The molecule has 2 aromatic rings. The number of anilines is 1. The lowest BCUT2D eigenvalue weighted by Crippen LogP contribution is -2.49. The van der Waals surface area contributed by atoms with Crippen LogP contribution in [0.3, 0.4) is 0 Å². The lowest BCUT2D eigenvalue weighted by molar-refractivity contribution is 0.164. The number of fused-ring (bicyclic) bond motifs is 1. The van der Waals surface area contributed by atoms with E-state index in [0.29, 0.717) is 12.2 Å². The molecule has 0 saturated carbocycles. The third-order valence-electron chi connectivity index (χ3n) is 4.38. The predicted molar refractivity (Wildman–Crippen MR) is 88.3 cm³/mol. The Labute approximate surface area is 135 Å². The zero-order chi connectivity index (χ0) is 16.4. The Morgan fingerprint density at radius 2 is 2.17 bits per heavy atom. The van der Waals surface area contributed by atoms with Crippen LogP contribution in [0, 0.1) is 0 Å². The summed E-state index contributed by atoms with van der Waals surface area (Å²) in [4.78, 5) is 12.4. The highest BCUT2D eigenvalue weighted by atomic mass is 16.3. The molecular formula is C17H22N4O2. The molecule has 6 nitrogen and oxygen atoms in total. The van der Waals surface area contributed by atoms with E-state index >= 15 is 0 Å². The number of carbonyl (C=O) groups excluding carboxylic acids is 1. The van der Waals surface area contributed by atoms with Crippen LogP contribution in [0.2, 0.25) is 0 Å². The molecule has 122 valence electrons. The van der Waals surface area contributed by atoms with E-state index in [1.54, 1.807) is 16.9 Å². The highest BCUT2D eigenvalue weighted by Crippen LogP contribution is 2.36. The van der Waals surface area contributed by atoms with Gasteiger partial charge in [0.25, 0.3) is 0 Å². The fraction of sp³-hybridized carbons (Fsp3) is 0.412. The van der Waals surface area contributed by atoms with Crippen molar-refractivity contribution < 1.29 is 9.90 Å². The second-order valence-corrected chi connectivity index (χ2v) is 6.23. The number of aliphatic hydroxyl groups is 1. The second kappa shape index (κ2) is 6.04. The van der Waals surface area contributed by atoms with Crippen LogP contribution in [0.4, 0.5) is 10.6 Å². The third kappa shape index (κ3) is 2.82. The number of nitrogens with one attached hydrogen (secondary N) is 2. The molecule has 3 N–H and O–H groups in total. The van der Waals surface area contributed by atoms with Gasteiger partial charge in [0.1, 0.15) is 5.82 Å². The van der Waals surface area contributed by atoms with Gasteiger partial charge in [-0.2, -0.15) is 5.10 Å². The first-order valence-electron chi connectivity index (χ1n) is 7.88. The van der Waals surface area contributed by atoms with Crippen molar-refractivity contribution >= 4 is 11.8 Å². The molecule has 1 aromatic heterocycles. The van der Waals surface area contributed by atoms with Crippen LogP contribution in [-0.2, 0) is 12.0 Å². The standard InChI is InChI=1S/C17H22N4O2/c1-12(2)21-15(8-10-18-21)19-16(23)20-17(11-22)9-7-13-5-3-4-6-14(13)17/h3-6,8,10,12,22H,7,9,11H2,1-2H3,(H2,19,20,23). The molecule has 0 bridgehead atoms. The number of amides is 2. The Balaban J connectivity index is 1.78. The molecule has 0 radical (unpaired) electrons. The minimum Gasteiger partial charge on any atom is -0.394 e. The number of aromatic nitrogens is 2. The van der Waals surface area contributed by atoms with Gasteiger partial charge in [-0.15, -0.1) is 0 Å². The molecule has 0 spiro atoms. The summed E-state index contributed by atoms with van der Waals surface area (Å²) >= 11 is 0. The summed E-state index contributed by atoms with van der Waals surface area (Å²) in [6.45, 7) is 3.87. The summed E-state index contributed by atoms with van der Waals surface area (Å²) in [5.41, 5.74) is 1.45. The van der Waals surface area contributed by atoms with E-state index in [1.165, 1.54) is 5.56 Å². The zero-order valence-electron chi connectivity index (χ0n) is 13.4. The van der Waals surface area contributed by atoms with E-state index in [4.69, 9.17) is 0 Å². The number of carbonyl (C=O) groups is 1. The van der Waals surface area contributed by atoms with E-state index in [9.17, 15) is 9.90 Å². The average Bonchev–Trinajstić information content (AvgIpc) is 3.13. The van der Waals surface area contributed by atoms with Gasteiger partial charge in [-0.05, 0) is 37.8 Å². The summed E-state index contributed by atoms with van der Waals surface area (Å²) in [6, 6.07) is 9.50. The summed E-state index contributed by atoms with van der Waals surface area (Å²) in [6.07, 6.45) is 3.20. The number of rotatable bonds is 4. The van der Waals surface area contributed by atoms with Crippen molar-refractivity contribution in [3.63, 3.8) is 0 Å². The maximum absolute atomic E-state index is 12.4.